The number of Topliss-reactive ketones (excluding diaryl/α,β-unsaturated/α-hetero) is 1. The number of nitrogens with zero attached hydrogens (tertiary/aromatic N) is 3. The van der Waals surface area contributed by atoms with Gasteiger partial charge in [-0.3, -0.25) is 14.9 Å². The van der Waals surface area contributed by atoms with Crippen molar-refractivity contribution in [1.29, 1.82) is 0 Å². The Morgan fingerprint density at radius 1 is 1.15 bits per heavy atom. The second kappa shape index (κ2) is 7.76. The van der Waals surface area contributed by atoms with E-state index in [1.54, 1.807) is 24.3 Å². The highest BCUT2D eigenvalue weighted by Gasteiger charge is 2.17. The molecule has 9 heteroatoms. The smallest absolute Gasteiger partial charge is 0.322 e. The second-order valence-electron chi connectivity index (χ2n) is 5.54. The number of benzene rings is 1. The van der Waals surface area contributed by atoms with Gasteiger partial charge in [0.1, 0.15) is 4.88 Å². The predicted molar refractivity (Wildman–Crippen MR) is 98.5 cm³/mol. The average Bonchev–Trinajstić information content (AvgIpc) is 3.19. The summed E-state index contributed by atoms with van der Waals surface area (Å²) in [4.78, 5) is 29.1. The monoisotopic (exact) mass is 390 g/mol. The third-order valence-electron chi connectivity index (χ3n) is 3.51. The summed E-state index contributed by atoms with van der Waals surface area (Å²) >= 11 is 7.23. The molecular weight excluding hydrogens is 376 g/mol. The molecule has 1 aromatic carbocycles. The Hall–Kier alpha value is -2.58. The Labute approximate surface area is 158 Å². The fourth-order valence-corrected chi connectivity index (χ4v) is 3.25. The largest absolute Gasteiger partial charge is 0.402 e. The molecule has 3 rings (SSSR count). The van der Waals surface area contributed by atoms with Crippen LogP contribution in [0, 0.1) is 13.8 Å². The number of halogens is 1. The molecule has 0 fully saturated rings. The van der Waals surface area contributed by atoms with Crippen molar-refractivity contribution in [2.75, 3.05) is 5.32 Å². The number of anilines is 1. The van der Waals surface area contributed by atoms with E-state index in [1.807, 2.05) is 13.8 Å². The van der Waals surface area contributed by atoms with Crippen molar-refractivity contribution in [3.63, 3.8) is 0 Å². The Morgan fingerprint density at radius 2 is 1.88 bits per heavy atom. The molecule has 0 aliphatic carbocycles. The van der Waals surface area contributed by atoms with Crippen LogP contribution < -0.4 is 5.32 Å². The van der Waals surface area contributed by atoms with Crippen LogP contribution in [0.3, 0.4) is 0 Å². The molecule has 1 amide bonds. The number of carbonyl (C=O) groups excluding carboxylic acids is 2. The molecule has 0 radical (unpaired) electrons. The summed E-state index contributed by atoms with van der Waals surface area (Å²) in [5.41, 5.74) is 1.31. The van der Waals surface area contributed by atoms with Crippen LogP contribution in [0.2, 0.25) is 5.02 Å². The summed E-state index contributed by atoms with van der Waals surface area (Å²) in [5, 5.41) is 11.7. The van der Waals surface area contributed by atoms with Crippen LogP contribution in [0.15, 0.2) is 28.7 Å². The maximum absolute atomic E-state index is 12.1. The lowest BCUT2D eigenvalue weighted by Crippen LogP contribution is -2.13. The van der Waals surface area contributed by atoms with Crippen molar-refractivity contribution in [3.05, 3.63) is 45.6 Å². The van der Waals surface area contributed by atoms with Crippen molar-refractivity contribution in [2.45, 2.75) is 26.7 Å². The van der Waals surface area contributed by atoms with Gasteiger partial charge in [-0.2, -0.15) is 0 Å². The minimum Gasteiger partial charge on any atom is -0.402 e. The number of hydrogen-bond donors (Lipinski definition) is 1. The topological polar surface area (TPSA) is 98.0 Å². The molecule has 134 valence electrons. The van der Waals surface area contributed by atoms with E-state index in [-0.39, 0.29) is 30.5 Å². The average molecular weight is 391 g/mol. The lowest BCUT2D eigenvalue weighted by molar-refractivity contribution is -0.116. The van der Waals surface area contributed by atoms with Gasteiger partial charge < -0.3 is 4.42 Å². The van der Waals surface area contributed by atoms with E-state index in [9.17, 15) is 9.59 Å². The Morgan fingerprint density at radius 3 is 2.54 bits per heavy atom. The maximum Gasteiger partial charge on any atom is 0.322 e. The van der Waals surface area contributed by atoms with Crippen molar-refractivity contribution in [1.82, 2.24) is 15.2 Å². The SMILES string of the molecule is Cc1nc(C)c(-c2nnc(NC(=O)CCC(=O)c3ccc(Cl)cc3)o2)s1. The van der Waals surface area contributed by atoms with E-state index in [0.29, 0.717) is 16.5 Å². The van der Waals surface area contributed by atoms with Gasteiger partial charge in [0, 0.05) is 23.4 Å². The molecule has 0 bridgehead atoms. The Balaban J connectivity index is 1.56. The summed E-state index contributed by atoms with van der Waals surface area (Å²) in [7, 11) is 0. The van der Waals surface area contributed by atoms with Crippen LogP contribution in [0.5, 0.6) is 0 Å². The second-order valence-corrected chi connectivity index (χ2v) is 7.18. The standard InChI is InChI=1S/C17H15ClN4O3S/c1-9-15(26-10(2)19-9)16-21-22-17(25-16)20-14(24)8-7-13(23)11-3-5-12(18)6-4-11/h3-6H,7-8H2,1-2H3,(H,20,22,24). The molecule has 26 heavy (non-hydrogen) atoms. The first-order valence-corrected chi connectivity index (χ1v) is 8.98. The highest BCUT2D eigenvalue weighted by Crippen LogP contribution is 2.29. The van der Waals surface area contributed by atoms with Crippen LogP contribution in [-0.2, 0) is 4.79 Å². The van der Waals surface area contributed by atoms with Crippen molar-refractivity contribution >= 4 is 40.6 Å². The van der Waals surface area contributed by atoms with E-state index in [2.05, 4.69) is 20.5 Å². The third kappa shape index (κ3) is 4.33. The predicted octanol–water partition coefficient (Wildman–Crippen LogP) is 4.06. The van der Waals surface area contributed by atoms with Crippen LogP contribution >= 0.6 is 22.9 Å². The molecular formula is C17H15ClN4O3S. The molecule has 0 aliphatic rings. The summed E-state index contributed by atoms with van der Waals surface area (Å²) in [6.45, 7) is 3.74. The molecule has 2 heterocycles. The summed E-state index contributed by atoms with van der Waals surface area (Å²) < 4.78 is 5.46. The van der Waals surface area contributed by atoms with Crippen LogP contribution in [0.4, 0.5) is 6.01 Å². The van der Waals surface area contributed by atoms with Crippen LogP contribution in [0.1, 0.15) is 33.9 Å². The highest BCUT2D eigenvalue weighted by molar-refractivity contribution is 7.15. The van der Waals surface area contributed by atoms with E-state index in [0.717, 1.165) is 15.6 Å². The van der Waals surface area contributed by atoms with E-state index in [1.165, 1.54) is 11.3 Å². The molecule has 0 aliphatic heterocycles. The number of rotatable bonds is 6. The first kappa shape index (κ1) is 18.2. The summed E-state index contributed by atoms with van der Waals surface area (Å²) in [6.07, 6.45) is 0.0828. The van der Waals surface area contributed by atoms with E-state index >= 15 is 0 Å². The molecule has 0 spiro atoms. The third-order valence-corrected chi connectivity index (χ3v) is 4.83. The van der Waals surface area contributed by atoms with Gasteiger partial charge in [0.05, 0.1) is 10.7 Å². The first-order chi connectivity index (χ1) is 12.4. The van der Waals surface area contributed by atoms with E-state index in [4.69, 9.17) is 16.0 Å². The number of thiazole rings is 1. The number of hydrogen-bond acceptors (Lipinski definition) is 7. The molecule has 0 saturated heterocycles. The minimum absolute atomic E-state index is 0.00519. The molecule has 0 atom stereocenters. The Bertz CT molecular complexity index is 949. The van der Waals surface area contributed by atoms with Crippen molar-refractivity contribution in [2.24, 2.45) is 0 Å². The zero-order valence-electron chi connectivity index (χ0n) is 14.1. The van der Waals surface area contributed by atoms with Gasteiger partial charge in [0.25, 0.3) is 5.89 Å². The van der Waals surface area contributed by atoms with Crippen LogP contribution in [-0.4, -0.2) is 26.9 Å². The number of amides is 1. The zero-order valence-corrected chi connectivity index (χ0v) is 15.6. The highest BCUT2D eigenvalue weighted by atomic mass is 35.5. The number of nitrogens with one attached hydrogen (secondary N) is 1. The number of aromatic nitrogens is 3. The van der Waals surface area contributed by atoms with Crippen molar-refractivity contribution in [3.8, 4) is 10.8 Å². The Kier molecular flexibility index (Phi) is 5.43. The molecule has 0 saturated carbocycles. The number of aryl methyl sites for hydroxylation is 2. The lowest BCUT2D eigenvalue weighted by atomic mass is 10.1. The summed E-state index contributed by atoms with van der Waals surface area (Å²) in [5.74, 6) is -0.209. The van der Waals surface area contributed by atoms with Gasteiger partial charge >= 0.3 is 6.01 Å². The van der Waals surface area contributed by atoms with Crippen LogP contribution in [0.25, 0.3) is 10.8 Å². The number of ketones is 1. The fraction of sp³-hybridized carbons (Fsp3) is 0.235. The normalized spacial score (nSPS) is 10.7. The summed E-state index contributed by atoms with van der Waals surface area (Å²) in [6, 6.07) is 6.53. The first-order valence-electron chi connectivity index (χ1n) is 7.79. The quantitative estimate of drug-likeness (QED) is 0.637. The maximum atomic E-state index is 12.1. The fourth-order valence-electron chi connectivity index (χ4n) is 2.28. The minimum atomic E-state index is -0.375. The van der Waals surface area contributed by atoms with E-state index < -0.39 is 0 Å². The van der Waals surface area contributed by atoms with Gasteiger partial charge in [-0.15, -0.1) is 16.4 Å². The number of carbonyl (C=O) groups is 2. The zero-order chi connectivity index (χ0) is 18.7. The molecule has 3 aromatic rings. The molecule has 0 unspecified atom stereocenters. The van der Waals surface area contributed by atoms with Gasteiger partial charge in [-0.05, 0) is 38.1 Å². The molecule has 2 aromatic heterocycles. The van der Waals surface area contributed by atoms with Gasteiger partial charge in [-0.25, -0.2) is 4.98 Å². The lowest BCUT2D eigenvalue weighted by Gasteiger charge is -2.01. The van der Waals surface area contributed by atoms with Gasteiger partial charge in [-0.1, -0.05) is 16.7 Å². The molecule has 1 N–H and O–H groups in total. The van der Waals surface area contributed by atoms with Gasteiger partial charge in [0.2, 0.25) is 5.91 Å². The van der Waals surface area contributed by atoms with Crippen molar-refractivity contribution < 1.29 is 14.0 Å². The molecule has 7 nitrogen and oxygen atoms in total. The van der Waals surface area contributed by atoms with Gasteiger partial charge in [0.15, 0.2) is 5.78 Å².